The highest BCUT2D eigenvalue weighted by molar-refractivity contribution is 6.06. The number of rotatable bonds is 4. The predicted octanol–water partition coefficient (Wildman–Crippen LogP) is 4.36. The minimum Gasteiger partial charge on any atom is -0.492 e. The van der Waals surface area contributed by atoms with Gasteiger partial charge in [-0.05, 0) is 31.2 Å². The molecule has 22 heavy (non-hydrogen) atoms. The topological polar surface area (TPSA) is 38.3 Å². The molecule has 0 fully saturated rings. The molecule has 0 spiro atoms. The Morgan fingerprint density at radius 3 is 2.41 bits per heavy atom. The summed E-state index contributed by atoms with van der Waals surface area (Å²) in [5.41, 5.74) is -1.07. The third kappa shape index (κ3) is 3.58. The van der Waals surface area contributed by atoms with Crippen LogP contribution in [0.4, 0.5) is 18.9 Å². The Kier molecular flexibility index (Phi) is 4.70. The van der Waals surface area contributed by atoms with E-state index in [2.05, 4.69) is 5.32 Å². The molecule has 0 heterocycles. The second-order valence-corrected chi connectivity index (χ2v) is 4.43. The van der Waals surface area contributed by atoms with Crippen LogP contribution in [0, 0.1) is 0 Å². The molecular weight excluding hydrogens is 295 g/mol. The van der Waals surface area contributed by atoms with Gasteiger partial charge >= 0.3 is 6.18 Å². The molecule has 0 aliphatic carbocycles. The van der Waals surface area contributed by atoms with E-state index >= 15 is 0 Å². The maximum absolute atomic E-state index is 12.9. The number of hydrogen-bond acceptors (Lipinski definition) is 2. The molecule has 1 amide bonds. The van der Waals surface area contributed by atoms with Crippen molar-refractivity contribution >= 4 is 11.6 Å². The molecule has 0 saturated heterocycles. The Morgan fingerprint density at radius 1 is 1.09 bits per heavy atom. The maximum atomic E-state index is 12.9. The number of benzene rings is 2. The van der Waals surface area contributed by atoms with Crippen LogP contribution in [-0.2, 0) is 6.18 Å². The number of anilines is 1. The largest absolute Gasteiger partial charge is 0.492 e. The molecular formula is C16H14F3NO2. The fraction of sp³-hybridized carbons (Fsp3) is 0.188. The van der Waals surface area contributed by atoms with Crippen molar-refractivity contribution in [1.82, 2.24) is 0 Å². The van der Waals surface area contributed by atoms with Gasteiger partial charge in [-0.2, -0.15) is 13.2 Å². The van der Waals surface area contributed by atoms with Crippen LogP contribution in [0.15, 0.2) is 48.5 Å². The van der Waals surface area contributed by atoms with Crippen LogP contribution in [0.25, 0.3) is 0 Å². The molecule has 3 nitrogen and oxygen atoms in total. The molecule has 2 aromatic carbocycles. The first-order chi connectivity index (χ1) is 10.4. The lowest BCUT2D eigenvalue weighted by Gasteiger charge is -2.14. The Balaban J connectivity index is 2.31. The average molecular weight is 309 g/mol. The van der Waals surface area contributed by atoms with Gasteiger partial charge in [0.15, 0.2) is 0 Å². The number of carbonyl (C=O) groups excluding carboxylic acids is 1. The normalized spacial score (nSPS) is 11.1. The summed E-state index contributed by atoms with van der Waals surface area (Å²) in [5.74, 6) is -0.428. The Bertz CT molecular complexity index is 668. The minimum absolute atomic E-state index is 0.325. The third-order valence-electron chi connectivity index (χ3n) is 2.91. The van der Waals surface area contributed by atoms with Gasteiger partial charge in [-0.1, -0.05) is 24.3 Å². The van der Waals surface area contributed by atoms with Crippen molar-refractivity contribution in [3.8, 4) is 5.75 Å². The fourth-order valence-electron chi connectivity index (χ4n) is 1.97. The maximum Gasteiger partial charge on any atom is 0.417 e. The lowest BCUT2D eigenvalue weighted by molar-refractivity contribution is -0.137. The second kappa shape index (κ2) is 6.51. The van der Waals surface area contributed by atoms with Crippen molar-refractivity contribution in [3.63, 3.8) is 0 Å². The molecule has 0 unspecified atom stereocenters. The molecule has 0 aliphatic heterocycles. The van der Waals surface area contributed by atoms with Gasteiger partial charge in [-0.15, -0.1) is 0 Å². The van der Waals surface area contributed by atoms with Crippen molar-refractivity contribution < 1.29 is 22.7 Å². The number of halogens is 3. The van der Waals surface area contributed by atoms with Crippen LogP contribution in [0.5, 0.6) is 5.75 Å². The molecule has 0 saturated carbocycles. The first kappa shape index (κ1) is 15.9. The number of ether oxygens (including phenoxy) is 1. The monoisotopic (exact) mass is 309 g/mol. The molecule has 116 valence electrons. The van der Waals surface area contributed by atoms with Crippen molar-refractivity contribution in [3.05, 3.63) is 59.7 Å². The molecule has 0 aliphatic rings. The average Bonchev–Trinajstić information content (AvgIpc) is 2.48. The first-order valence-electron chi connectivity index (χ1n) is 6.63. The highest BCUT2D eigenvalue weighted by Crippen LogP contribution is 2.32. The third-order valence-corrected chi connectivity index (χ3v) is 2.91. The molecule has 0 radical (unpaired) electrons. The predicted molar refractivity (Wildman–Crippen MR) is 77.0 cm³/mol. The summed E-state index contributed by atoms with van der Waals surface area (Å²) in [7, 11) is 0. The lowest BCUT2D eigenvalue weighted by atomic mass is 10.1. The summed E-state index contributed by atoms with van der Waals surface area (Å²) in [6.07, 6.45) is -4.59. The van der Waals surface area contributed by atoms with Gasteiger partial charge in [0.05, 0.1) is 23.4 Å². The van der Waals surface area contributed by atoms with Crippen LogP contribution in [0.3, 0.4) is 0 Å². The smallest absolute Gasteiger partial charge is 0.417 e. The first-order valence-corrected chi connectivity index (χ1v) is 6.63. The van der Waals surface area contributed by atoms with Gasteiger partial charge < -0.3 is 10.1 Å². The second-order valence-electron chi connectivity index (χ2n) is 4.43. The number of para-hydroxylation sites is 2. The standard InChI is InChI=1S/C16H14F3NO2/c1-2-22-14-10-6-5-9-13(14)20-15(21)11-7-3-4-8-12(11)16(17,18)19/h3-10H,2H2,1H3,(H,20,21). The van der Waals surface area contributed by atoms with Gasteiger partial charge in [0.25, 0.3) is 5.91 Å². The molecule has 1 N–H and O–H groups in total. The summed E-state index contributed by atoms with van der Waals surface area (Å²) >= 11 is 0. The highest BCUT2D eigenvalue weighted by atomic mass is 19.4. The Hall–Kier alpha value is -2.50. The quantitative estimate of drug-likeness (QED) is 0.911. The van der Waals surface area contributed by atoms with Crippen molar-refractivity contribution in [2.24, 2.45) is 0 Å². The molecule has 0 aromatic heterocycles. The molecule has 2 rings (SSSR count). The summed E-state index contributed by atoms with van der Waals surface area (Å²) in [6.45, 7) is 2.16. The zero-order valence-corrected chi connectivity index (χ0v) is 11.8. The highest BCUT2D eigenvalue weighted by Gasteiger charge is 2.34. The molecule has 0 atom stereocenters. The SMILES string of the molecule is CCOc1ccccc1NC(=O)c1ccccc1C(F)(F)F. The Morgan fingerprint density at radius 2 is 1.73 bits per heavy atom. The van der Waals surface area contributed by atoms with Gasteiger partial charge in [0.1, 0.15) is 5.75 Å². The van der Waals surface area contributed by atoms with Gasteiger partial charge in [0.2, 0.25) is 0 Å². The number of amides is 1. The van der Waals surface area contributed by atoms with Crippen molar-refractivity contribution in [1.29, 1.82) is 0 Å². The van der Waals surface area contributed by atoms with Gasteiger partial charge in [0, 0.05) is 0 Å². The zero-order chi connectivity index (χ0) is 16.2. The van der Waals surface area contributed by atoms with E-state index in [9.17, 15) is 18.0 Å². The van der Waals surface area contributed by atoms with E-state index in [0.29, 0.717) is 18.0 Å². The van der Waals surface area contributed by atoms with E-state index < -0.39 is 23.2 Å². The number of alkyl halides is 3. The van der Waals surface area contributed by atoms with Crippen LogP contribution < -0.4 is 10.1 Å². The van der Waals surface area contributed by atoms with Crippen LogP contribution in [-0.4, -0.2) is 12.5 Å². The van der Waals surface area contributed by atoms with E-state index in [-0.39, 0.29) is 0 Å². The molecule has 6 heteroatoms. The fourth-order valence-corrected chi connectivity index (χ4v) is 1.97. The van der Waals surface area contributed by atoms with E-state index in [0.717, 1.165) is 12.1 Å². The lowest BCUT2D eigenvalue weighted by Crippen LogP contribution is -2.19. The molecule has 2 aromatic rings. The van der Waals surface area contributed by atoms with Gasteiger partial charge in [-0.25, -0.2) is 0 Å². The van der Waals surface area contributed by atoms with E-state index in [1.165, 1.54) is 12.1 Å². The summed E-state index contributed by atoms with van der Waals surface area (Å²) in [6, 6.07) is 11.2. The number of hydrogen-bond donors (Lipinski definition) is 1. The van der Waals surface area contributed by atoms with Crippen LogP contribution >= 0.6 is 0 Å². The van der Waals surface area contributed by atoms with Crippen molar-refractivity contribution in [2.45, 2.75) is 13.1 Å². The summed E-state index contributed by atoms with van der Waals surface area (Å²) < 4.78 is 44.2. The Labute approximate surface area is 125 Å². The number of nitrogens with one attached hydrogen (secondary N) is 1. The van der Waals surface area contributed by atoms with Crippen LogP contribution in [0.1, 0.15) is 22.8 Å². The minimum atomic E-state index is -4.59. The summed E-state index contributed by atoms with van der Waals surface area (Å²) in [4.78, 5) is 12.2. The van der Waals surface area contributed by atoms with Crippen molar-refractivity contribution in [2.75, 3.05) is 11.9 Å². The van der Waals surface area contributed by atoms with E-state index in [4.69, 9.17) is 4.74 Å². The van der Waals surface area contributed by atoms with E-state index in [1.807, 2.05) is 0 Å². The zero-order valence-electron chi connectivity index (χ0n) is 11.8. The number of carbonyl (C=O) groups is 1. The van der Waals surface area contributed by atoms with Crippen LogP contribution in [0.2, 0.25) is 0 Å². The van der Waals surface area contributed by atoms with Gasteiger partial charge in [-0.3, -0.25) is 4.79 Å². The molecule has 0 bridgehead atoms. The van der Waals surface area contributed by atoms with E-state index in [1.54, 1.807) is 31.2 Å². The summed E-state index contributed by atoms with van der Waals surface area (Å²) in [5, 5.41) is 2.46.